The number of hydrogen-bond donors (Lipinski definition) is 3. The van der Waals surface area contributed by atoms with Gasteiger partial charge in [-0.15, -0.1) is 0 Å². The maximum absolute atomic E-state index is 12.9. The molecule has 2 amide bonds. The second kappa shape index (κ2) is 8.96. The fraction of sp³-hybridized carbons (Fsp3) is 0.0417. The first-order valence-corrected chi connectivity index (χ1v) is 9.68. The number of aromatic nitrogens is 2. The summed E-state index contributed by atoms with van der Waals surface area (Å²) in [6.45, 7) is 0. The minimum Gasteiger partial charge on any atom is -0.508 e. The number of aromatic hydroxyl groups is 1. The molecular weight excluding hydrogens is 392 g/mol. The summed E-state index contributed by atoms with van der Waals surface area (Å²) in [5.41, 5.74) is 7.71. The van der Waals surface area contributed by atoms with E-state index in [0.29, 0.717) is 16.8 Å². The zero-order valence-corrected chi connectivity index (χ0v) is 16.5. The molecule has 31 heavy (non-hydrogen) atoms. The first-order valence-electron chi connectivity index (χ1n) is 9.68. The van der Waals surface area contributed by atoms with E-state index in [-0.39, 0.29) is 12.2 Å². The second-order valence-corrected chi connectivity index (χ2v) is 6.85. The van der Waals surface area contributed by atoms with Gasteiger partial charge in [0.15, 0.2) is 0 Å². The lowest BCUT2D eigenvalue weighted by Gasteiger charge is -2.08. The minimum absolute atomic E-state index is 0.0273. The van der Waals surface area contributed by atoms with Crippen molar-refractivity contribution in [3.05, 3.63) is 102 Å². The van der Waals surface area contributed by atoms with E-state index in [1.165, 1.54) is 6.07 Å². The quantitative estimate of drug-likeness (QED) is 0.439. The molecule has 4 rings (SSSR count). The van der Waals surface area contributed by atoms with E-state index in [0.717, 1.165) is 11.3 Å². The standard InChI is InChI=1S/C24H20N4O3/c29-21-14-8-7-11-18(21)15-22(30)25-26-24(31)20-16-28(19-12-5-2-6-13-19)27-23(20)17-9-3-1-4-10-17/h1-14,16,29H,15H2,(H,25,30)(H,26,31). The molecule has 7 nitrogen and oxygen atoms in total. The van der Waals surface area contributed by atoms with Crippen LogP contribution in [0, 0.1) is 0 Å². The molecule has 0 saturated carbocycles. The number of hydrogen-bond acceptors (Lipinski definition) is 4. The Morgan fingerprint density at radius 1 is 0.839 bits per heavy atom. The van der Waals surface area contributed by atoms with Crippen LogP contribution in [0.4, 0.5) is 0 Å². The summed E-state index contributed by atoms with van der Waals surface area (Å²) < 4.78 is 1.63. The number of rotatable bonds is 5. The van der Waals surface area contributed by atoms with Crippen molar-refractivity contribution in [2.24, 2.45) is 0 Å². The number of carbonyl (C=O) groups excluding carboxylic acids is 2. The molecule has 0 unspecified atom stereocenters. The Balaban J connectivity index is 1.55. The van der Waals surface area contributed by atoms with Gasteiger partial charge in [-0.05, 0) is 18.2 Å². The van der Waals surface area contributed by atoms with Gasteiger partial charge >= 0.3 is 0 Å². The van der Waals surface area contributed by atoms with Crippen LogP contribution in [0.25, 0.3) is 16.9 Å². The number of nitrogens with zero attached hydrogens (tertiary/aromatic N) is 2. The molecule has 0 bridgehead atoms. The highest BCUT2D eigenvalue weighted by Gasteiger charge is 2.19. The molecule has 0 aliphatic heterocycles. The van der Waals surface area contributed by atoms with Gasteiger partial charge in [0.1, 0.15) is 11.4 Å². The normalized spacial score (nSPS) is 10.5. The number of phenolic OH excluding ortho intramolecular Hbond substituents is 1. The molecule has 7 heteroatoms. The van der Waals surface area contributed by atoms with Crippen molar-refractivity contribution in [3.63, 3.8) is 0 Å². The van der Waals surface area contributed by atoms with Crippen molar-refractivity contribution in [1.82, 2.24) is 20.6 Å². The second-order valence-electron chi connectivity index (χ2n) is 6.85. The zero-order valence-electron chi connectivity index (χ0n) is 16.5. The summed E-state index contributed by atoms with van der Waals surface area (Å²) in [6.07, 6.45) is 1.56. The van der Waals surface area contributed by atoms with Gasteiger partial charge < -0.3 is 5.11 Å². The van der Waals surface area contributed by atoms with Gasteiger partial charge in [-0.3, -0.25) is 20.4 Å². The van der Waals surface area contributed by atoms with Crippen molar-refractivity contribution < 1.29 is 14.7 Å². The van der Waals surface area contributed by atoms with Crippen molar-refractivity contribution in [2.75, 3.05) is 0 Å². The fourth-order valence-electron chi connectivity index (χ4n) is 3.13. The number of nitrogens with one attached hydrogen (secondary N) is 2. The summed E-state index contributed by atoms with van der Waals surface area (Å²) in [5, 5.41) is 14.4. The highest BCUT2D eigenvalue weighted by Crippen LogP contribution is 2.23. The van der Waals surface area contributed by atoms with Crippen molar-refractivity contribution in [3.8, 4) is 22.7 Å². The van der Waals surface area contributed by atoms with Gasteiger partial charge in [-0.2, -0.15) is 5.10 Å². The largest absolute Gasteiger partial charge is 0.508 e. The Kier molecular flexibility index (Phi) is 5.75. The Morgan fingerprint density at radius 2 is 1.48 bits per heavy atom. The number of hydrazine groups is 1. The van der Waals surface area contributed by atoms with E-state index >= 15 is 0 Å². The smallest absolute Gasteiger partial charge is 0.273 e. The summed E-state index contributed by atoms with van der Waals surface area (Å²) >= 11 is 0. The molecule has 3 aromatic carbocycles. The number of amides is 2. The Hall–Kier alpha value is -4.39. The SMILES string of the molecule is O=C(Cc1ccccc1O)NNC(=O)c1cn(-c2ccccc2)nc1-c1ccccc1. The molecule has 0 fully saturated rings. The van der Waals surface area contributed by atoms with Crippen LogP contribution in [-0.4, -0.2) is 26.7 Å². The minimum atomic E-state index is -0.494. The maximum atomic E-state index is 12.9. The van der Waals surface area contributed by atoms with E-state index in [9.17, 15) is 14.7 Å². The molecule has 0 aliphatic rings. The molecule has 1 heterocycles. The summed E-state index contributed by atoms with van der Waals surface area (Å²) in [7, 11) is 0. The van der Waals surface area contributed by atoms with E-state index in [4.69, 9.17) is 0 Å². The molecule has 3 N–H and O–H groups in total. The molecular formula is C24H20N4O3. The number of benzene rings is 3. The average Bonchev–Trinajstić information content (AvgIpc) is 3.26. The third-order valence-electron chi connectivity index (χ3n) is 4.68. The summed E-state index contributed by atoms with van der Waals surface area (Å²) in [5.74, 6) is -0.919. The molecule has 0 spiro atoms. The van der Waals surface area contributed by atoms with Gasteiger partial charge in [-0.25, -0.2) is 4.68 Å². The number of carbonyl (C=O) groups is 2. The summed E-state index contributed by atoms with van der Waals surface area (Å²) in [4.78, 5) is 25.1. The highest BCUT2D eigenvalue weighted by atomic mass is 16.3. The molecule has 0 aliphatic carbocycles. The Morgan fingerprint density at radius 3 is 2.19 bits per heavy atom. The van der Waals surface area contributed by atoms with E-state index in [2.05, 4.69) is 16.0 Å². The Bertz CT molecular complexity index is 1200. The third kappa shape index (κ3) is 4.62. The third-order valence-corrected chi connectivity index (χ3v) is 4.68. The molecule has 0 atom stereocenters. The van der Waals surface area contributed by atoms with Crippen molar-refractivity contribution in [2.45, 2.75) is 6.42 Å². The lowest BCUT2D eigenvalue weighted by molar-refractivity contribution is -0.121. The van der Waals surface area contributed by atoms with Crippen LogP contribution in [0.1, 0.15) is 15.9 Å². The van der Waals surface area contributed by atoms with Crippen LogP contribution in [0.2, 0.25) is 0 Å². The van der Waals surface area contributed by atoms with Crippen LogP contribution in [0.5, 0.6) is 5.75 Å². The Labute approximate surface area is 178 Å². The van der Waals surface area contributed by atoms with Crippen LogP contribution in [0.15, 0.2) is 91.1 Å². The van der Waals surface area contributed by atoms with Gasteiger partial charge in [0.05, 0.1) is 17.7 Å². The first kappa shape index (κ1) is 19.9. The molecule has 154 valence electrons. The van der Waals surface area contributed by atoms with Gasteiger partial charge in [0.25, 0.3) is 5.91 Å². The maximum Gasteiger partial charge on any atom is 0.273 e. The molecule has 1 aromatic heterocycles. The lowest BCUT2D eigenvalue weighted by atomic mass is 10.1. The zero-order chi connectivity index (χ0) is 21.6. The van der Waals surface area contributed by atoms with Crippen LogP contribution >= 0.6 is 0 Å². The molecule has 0 saturated heterocycles. The van der Waals surface area contributed by atoms with Crippen LogP contribution in [0.3, 0.4) is 0 Å². The van der Waals surface area contributed by atoms with E-state index in [1.54, 1.807) is 29.1 Å². The van der Waals surface area contributed by atoms with Crippen LogP contribution < -0.4 is 10.9 Å². The first-order chi connectivity index (χ1) is 15.1. The van der Waals surface area contributed by atoms with Crippen molar-refractivity contribution >= 4 is 11.8 Å². The average molecular weight is 412 g/mol. The predicted octanol–water partition coefficient (Wildman–Crippen LogP) is 3.25. The predicted molar refractivity (Wildman–Crippen MR) is 116 cm³/mol. The molecule has 4 aromatic rings. The van der Waals surface area contributed by atoms with E-state index in [1.807, 2.05) is 60.7 Å². The van der Waals surface area contributed by atoms with Gasteiger partial charge in [0, 0.05) is 17.3 Å². The highest BCUT2D eigenvalue weighted by molar-refractivity contribution is 6.00. The van der Waals surface area contributed by atoms with E-state index < -0.39 is 11.8 Å². The lowest BCUT2D eigenvalue weighted by Crippen LogP contribution is -2.42. The van der Waals surface area contributed by atoms with Crippen molar-refractivity contribution in [1.29, 1.82) is 0 Å². The topological polar surface area (TPSA) is 96.3 Å². The van der Waals surface area contributed by atoms with Gasteiger partial charge in [0.2, 0.25) is 5.91 Å². The number of phenols is 1. The monoisotopic (exact) mass is 412 g/mol. The molecule has 0 radical (unpaired) electrons. The van der Waals surface area contributed by atoms with Crippen LogP contribution in [-0.2, 0) is 11.2 Å². The fourth-order valence-corrected chi connectivity index (χ4v) is 3.13. The van der Waals surface area contributed by atoms with Gasteiger partial charge in [-0.1, -0.05) is 66.7 Å². The summed E-state index contributed by atoms with van der Waals surface area (Å²) in [6, 6.07) is 25.4. The number of para-hydroxylation sites is 2.